The van der Waals surface area contributed by atoms with Crippen LogP contribution in [0, 0.1) is 11.8 Å². The van der Waals surface area contributed by atoms with Crippen LogP contribution in [0.4, 0.5) is 0 Å². The standard InChI is InChI=1S/C23H40N2O.ClH/c26-22-10-13-25(20-8-2-1-3-9-20)23(22)11-14-24(15-12-23)21-16-18-6-4-5-7-19(18)17-21;/h18-22,26H,1-17H2;1H. The van der Waals surface area contributed by atoms with Crippen molar-refractivity contribution in [3.8, 4) is 0 Å². The fourth-order valence-corrected chi connectivity index (χ4v) is 7.78. The van der Waals surface area contributed by atoms with Crippen LogP contribution in [0.25, 0.3) is 0 Å². The maximum absolute atomic E-state index is 11.0. The van der Waals surface area contributed by atoms with Crippen LogP contribution in [-0.4, -0.2) is 58.3 Å². The highest BCUT2D eigenvalue weighted by Crippen LogP contribution is 2.47. The highest BCUT2D eigenvalue weighted by molar-refractivity contribution is 5.85. The molecule has 5 rings (SSSR count). The van der Waals surface area contributed by atoms with Crippen molar-refractivity contribution in [2.45, 2.75) is 114 Å². The fraction of sp³-hybridized carbons (Fsp3) is 1.00. The molecule has 0 radical (unpaired) electrons. The Bertz CT molecular complexity index is 473. The predicted octanol–water partition coefficient (Wildman–Crippen LogP) is 4.61. The first-order valence-corrected chi connectivity index (χ1v) is 12.0. The highest BCUT2D eigenvalue weighted by Gasteiger charge is 2.52. The molecule has 5 aliphatic rings. The molecule has 0 bridgehead atoms. The van der Waals surface area contributed by atoms with Gasteiger partial charge in [-0.3, -0.25) is 4.90 Å². The quantitative estimate of drug-likeness (QED) is 0.738. The summed E-state index contributed by atoms with van der Waals surface area (Å²) in [7, 11) is 0. The van der Waals surface area contributed by atoms with Crippen molar-refractivity contribution >= 4 is 12.4 Å². The van der Waals surface area contributed by atoms with E-state index in [0.717, 1.165) is 36.9 Å². The number of aliphatic hydroxyl groups is 1. The van der Waals surface area contributed by atoms with Gasteiger partial charge in [0.2, 0.25) is 0 Å². The highest BCUT2D eigenvalue weighted by atomic mass is 35.5. The van der Waals surface area contributed by atoms with Gasteiger partial charge in [-0.05, 0) is 56.8 Å². The second-order valence-corrected chi connectivity index (χ2v) is 10.4. The number of hydrogen-bond acceptors (Lipinski definition) is 3. The first-order chi connectivity index (χ1) is 12.8. The maximum atomic E-state index is 11.0. The zero-order valence-electron chi connectivity index (χ0n) is 17.2. The summed E-state index contributed by atoms with van der Waals surface area (Å²) in [6.45, 7) is 3.63. The van der Waals surface area contributed by atoms with Crippen LogP contribution in [0.2, 0.25) is 0 Å². The Labute approximate surface area is 172 Å². The van der Waals surface area contributed by atoms with Crippen LogP contribution in [0.15, 0.2) is 0 Å². The number of nitrogens with zero attached hydrogens (tertiary/aromatic N) is 2. The molecule has 27 heavy (non-hydrogen) atoms. The minimum atomic E-state index is -0.0715. The molecule has 0 aromatic heterocycles. The molecule has 3 unspecified atom stereocenters. The number of halogens is 1. The molecule has 1 spiro atoms. The van der Waals surface area contributed by atoms with Crippen molar-refractivity contribution in [3.05, 3.63) is 0 Å². The molecule has 0 aromatic rings. The van der Waals surface area contributed by atoms with Gasteiger partial charge >= 0.3 is 0 Å². The second kappa shape index (κ2) is 8.50. The zero-order valence-corrected chi connectivity index (χ0v) is 18.0. The summed E-state index contributed by atoms with van der Waals surface area (Å²) < 4.78 is 0. The summed E-state index contributed by atoms with van der Waals surface area (Å²) in [6.07, 6.45) is 19.3. The molecular weight excluding hydrogens is 356 g/mol. The van der Waals surface area contributed by atoms with Gasteiger partial charge in [-0.15, -0.1) is 12.4 Å². The van der Waals surface area contributed by atoms with Crippen LogP contribution in [0.1, 0.15) is 89.9 Å². The van der Waals surface area contributed by atoms with Crippen molar-refractivity contribution in [3.63, 3.8) is 0 Å². The van der Waals surface area contributed by atoms with Crippen LogP contribution in [0.3, 0.4) is 0 Å². The predicted molar refractivity (Wildman–Crippen MR) is 113 cm³/mol. The van der Waals surface area contributed by atoms with Crippen molar-refractivity contribution in [1.82, 2.24) is 9.80 Å². The van der Waals surface area contributed by atoms with E-state index in [2.05, 4.69) is 9.80 Å². The lowest BCUT2D eigenvalue weighted by molar-refractivity contribution is -0.0513. The normalized spacial score (nSPS) is 40.8. The molecule has 2 saturated heterocycles. The van der Waals surface area contributed by atoms with Gasteiger partial charge in [0.05, 0.1) is 6.10 Å². The number of aliphatic hydroxyl groups excluding tert-OH is 1. The van der Waals surface area contributed by atoms with E-state index in [1.54, 1.807) is 0 Å². The molecule has 2 heterocycles. The lowest BCUT2D eigenvalue weighted by atomic mass is 9.80. The van der Waals surface area contributed by atoms with Crippen LogP contribution in [0.5, 0.6) is 0 Å². The molecule has 2 aliphatic heterocycles. The molecule has 3 saturated carbocycles. The summed E-state index contributed by atoms with van der Waals surface area (Å²) in [5.74, 6) is 2.08. The van der Waals surface area contributed by atoms with Crippen molar-refractivity contribution in [1.29, 1.82) is 0 Å². The number of hydrogen-bond donors (Lipinski definition) is 1. The molecule has 3 aliphatic carbocycles. The maximum Gasteiger partial charge on any atom is 0.0737 e. The number of piperidine rings is 1. The topological polar surface area (TPSA) is 26.7 Å². The lowest BCUT2D eigenvalue weighted by Crippen LogP contribution is -2.60. The summed E-state index contributed by atoms with van der Waals surface area (Å²) in [6, 6.07) is 1.63. The minimum Gasteiger partial charge on any atom is -0.391 e. The largest absolute Gasteiger partial charge is 0.391 e. The van der Waals surface area contributed by atoms with Gasteiger partial charge in [-0.2, -0.15) is 0 Å². The number of fused-ring (bicyclic) bond motifs is 1. The van der Waals surface area contributed by atoms with E-state index in [4.69, 9.17) is 0 Å². The SMILES string of the molecule is Cl.OC1CCN(C2CCCCC2)C12CCN(C1CC3CCCCC3C1)CC2. The molecule has 156 valence electrons. The molecule has 4 heteroatoms. The summed E-state index contributed by atoms with van der Waals surface area (Å²) in [5.41, 5.74) is 0.129. The lowest BCUT2D eigenvalue weighted by Gasteiger charge is -2.51. The van der Waals surface area contributed by atoms with Crippen molar-refractivity contribution in [2.24, 2.45) is 11.8 Å². The molecule has 3 atom stereocenters. The first-order valence-electron chi connectivity index (χ1n) is 12.0. The summed E-state index contributed by atoms with van der Waals surface area (Å²) in [4.78, 5) is 5.65. The Morgan fingerprint density at radius 3 is 1.89 bits per heavy atom. The van der Waals surface area contributed by atoms with Gasteiger partial charge in [0, 0.05) is 37.3 Å². The Hall–Kier alpha value is 0.170. The Morgan fingerprint density at radius 2 is 1.26 bits per heavy atom. The van der Waals surface area contributed by atoms with Crippen LogP contribution >= 0.6 is 12.4 Å². The average molecular weight is 397 g/mol. The minimum absolute atomic E-state index is 0. The zero-order chi connectivity index (χ0) is 17.6. The van der Waals surface area contributed by atoms with Crippen LogP contribution in [-0.2, 0) is 0 Å². The molecule has 0 aromatic carbocycles. The Balaban J connectivity index is 0.00000180. The van der Waals surface area contributed by atoms with Crippen molar-refractivity contribution < 1.29 is 5.11 Å². The smallest absolute Gasteiger partial charge is 0.0737 e. The Kier molecular flexibility index (Phi) is 6.43. The number of likely N-dealkylation sites (tertiary alicyclic amines) is 2. The average Bonchev–Trinajstić information content (AvgIpc) is 3.25. The third-order valence-electron chi connectivity index (χ3n) is 9.25. The van der Waals surface area contributed by atoms with Crippen LogP contribution < -0.4 is 0 Å². The van der Waals surface area contributed by atoms with Gasteiger partial charge in [0.1, 0.15) is 0 Å². The van der Waals surface area contributed by atoms with Gasteiger partial charge < -0.3 is 10.0 Å². The number of rotatable bonds is 2. The van der Waals surface area contributed by atoms with E-state index in [0.29, 0.717) is 0 Å². The molecule has 3 nitrogen and oxygen atoms in total. The Morgan fingerprint density at radius 1 is 0.667 bits per heavy atom. The summed E-state index contributed by atoms with van der Waals surface area (Å²) in [5, 5.41) is 11.0. The van der Waals surface area contributed by atoms with E-state index >= 15 is 0 Å². The molecule has 5 fully saturated rings. The summed E-state index contributed by atoms with van der Waals surface area (Å²) >= 11 is 0. The first kappa shape index (κ1) is 20.4. The fourth-order valence-electron chi connectivity index (χ4n) is 7.78. The monoisotopic (exact) mass is 396 g/mol. The van der Waals surface area contributed by atoms with E-state index < -0.39 is 0 Å². The van der Waals surface area contributed by atoms with Gasteiger partial charge in [0.25, 0.3) is 0 Å². The second-order valence-electron chi connectivity index (χ2n) is 10.4. The van der Waals surface area contributed by atoms with Gasteiger partial charge in [-0.1, -0.05) is 44.9 Å². The van der Waals surface area contributed by atoms with E-state index in [-0.39, 0.29) is 24.0 Å². The van der Waals surface area contributed by atoms with Crippen molar-refractivity contribution in [2.75, 3.05) is 19.6 Å². The van der Waals surface area contributed by atoms with E-state index in [1.165, 1.54) is 96.6 Å². The van der Waals surface area contributed by atoms with E-state index in [1.807, 2.05) is 0 Å². The third-order valence-corrected chi connectivity index (χ3v) is 9.25. The third kappa shape index (κ3) is 3.71. The molecular formula is C23H41ClN2O. The molecule has 1 N–H and O–H groups in total. The van der Waals surface area contributed by atoms with E-state index in [9.17, 15) is 5.11 Å². The molecule has 0 amide bonds. The van der Waals surface area contributed by atoms with Gasteiger partial charge in [-0.25, -0.2) is 0 Å². The van der Waals surface area contributed by atoms with Gasteiger partial charge in [0.15, 0.2) is 0 Å².